The summed E-state index contributed by atoms with van der Waals surface area (Å²) in [6.45, 7) is 2.63. The van der Waals surface area contributed by atoms with Crippen LogP contribution >= 0.6 is 11.3 Å². The number of nitrogens with zero attached hydrogens (tertiary/aromatic N) is 3. The molecule has 1 unspecified atom stereocenters. The number of hydrogen-bond acceptors (Lipinski definition) is 5. The maximum atomic E-state index is 12.6. The second-order valence-electron chi connectivity index (χ2n) is 5.04. The molecule has 1 aromatic carbocycles. The van der Waals surface area contributed by atoms with Crippen molar-refractivity contribution in [3.05, 3.63) is 24.3 Å². The van der Waals surface area contributed by atoms with E-state index in [-0.39, 0.29) is 11.8 Å². The Hall–Kier alpha value is -1.79. The van der Waals surface area contributed by atoms with Crippen LogP contribution in [0, 0.1) is 5.92 Å². The largest absolute Gasteiger partial charge is 0.330 e. The zero-order valence-corrected chi connectivity index (χ0v) is 12.8. The summed E-state index contributed by atoms with van der Waals surface area (Å²) in [4.78, 5) is 17.1. The predicted octanol–water partition coefficient (Wildman–Crippen LogP) is 2.76. The number of hydrogen-bond donors (Lipinski definition) is 1. The van der Waals surface area contributed by atoms with E-state index in [1.807, 2.05) is 31.2 Å². The first-order valence-corrected chi connectivity index (χ1v) is 8.03. The highest BCUT2D eigenvalue weighted by Crippen LogP contribution is 2.33. The standard InChI is InChI=1S/C15H18N4OS/c1-2-11-10(6-5-9-16)14(20)19(18-11)15-17-12-7-3-4-8-13(12)21-15/h3-4,7-8,10H,2,5-6,9,16H2,1H3. The average Bonchev–Trinajstić information content (AvgIpc) is 3.06. The summed E-state index contributed by atoms with van der Waals surface area (Å²) >= 11 is 1.50. The lowest BCUT2D eigenvalue weighted by atomic mass is 9.96. The van der Waals surface area contributed by atoms with E-state index in [0.29, 0.717) is 11.7 Å². The summed E-state index contributed by atoms with van der Waals surface area (Å²) in [5.41, 5.74) is 7.40. The van der Waals surface area contributed by atoms with E-state index in [4.69, 9.17) is 5.73 Å². The zero-order valence-electron chi connectivity index (χ0n) is 12.0. The Morgan fingerprint density at radius 3 is 2.90 bits per heavy atom. The van der Waals surface area contributed by atoms with Gasteiger partial charge in [0, 0.05) is 0 Å². The third kappa shape index (κ3) is 2.56. The average molecular weight is 302 g/mol. The Labute approximate surface area is 127 Å². The van der Waals surface area contributed by atoms with Crippen molar-refractivity contribution in [1.82, 2.24) is 4.98 Å². The number of aromatic nitrogens is 1. The molecule has 2 heterocycles. The first-order chi connectivity index (χ1) is 10.2. The van der Waals surface area contributed by atoms with E-state index in [1.165, 1.54) is 16.3 Å². The molecule has 0 aliphatic carbocycles. The van der Waals surface area contributed by atoms with Crippen molar-refractivity contribution >= 4 is 38.3 Å². The van der Waals surface area contributed by atoms with Crippen LogP contribution in [-0.4, -0.2) is 23.1 Å². The summed E-state index contributed by atoms with van der Waals surface area (Å²) in [5, 5.41) is 6.63. The number of rotatable bonds is 5. The van der Waals surface area contributed by atoms with Gasteiger partial charge in [-0.25, -0.2) is 4.98 Å². The number of fused-ring (bicyclic) bond motifs is 1. The molecule has 21 heavy (non-hydrogen) atoms. The number of anilines is 1. The SMILES string of the molecule is CCC1=NN(c2nc3ccccc3s2)C(=O)C1CCCN. The van der Waals surface area contributed by atoms with Gasteiger partial charge in [-0.3, -0.25) is 4.79 Å². The molecular formula is C15H18N4OS. The van der Waals surface area contributed by atoms with Gasteiger partial charge < -0.3 is 5.73 Å². The molecule has 0 saturated heterocycles. The molecule has 1 aliphatic heterocycles. The van der Waals surface area contributed by atoms with Crippen LogP contribution in [0.1, 0.15) is 26.2 Å². The summed E-state index contributed by atoms with van der Waals surface area (Å²) in [6, 6.07) is 7.88. The zero-order chi connectivity index (χ0) is 14.8. The third-order valence-corrected chi connectivity index (χ3v) is 4.67. The maximum absolute atomic E-state index is 12.6. The fourth-order valence-corrected chi connectivity index (χ4v) is 3.48. The lowest BCUT2D eigenvalue weighted by Gasteiger charge is -2.11. The van der Waals surface area contributed by atoms with Crippen molar-refractivity contribution in [2.24, 2.45) is 16.8 Å². The van der Waals surface area contributed by atoms with Gasteiger partial charge in [-0.15, -0.1) is 0 Å². The Kier molecular flexibility index (Phi) is 3.98. The van der Waals surface area contributed by atoms with E-state index in [1.54, 1.807) is 0 Å². The molecule has 0 radical (unpaired) electrons. The normalized spacial score (nSPS) is 18.6. The molecular weight excluding hydrogens is 284 g/mol. The van der Waals surface area contributed by atoms with Gasteiger partial charge in [0.15, 0.2) is 0 Å². The molecule has 6 heteroatoms. The van der Waals surface area contributed by atoms with Gasteiger partial charge in [-0.2, -0.15) is 10.1 Å². The number of benzene rings is 1. The second-order valence-corrected chi connectivity index (χ2v) is 6.05. The molecule has 1 aliphatic rings. The number of hydrazone groups is 1. The molecule has 5 nitrogen and oxygen atoms in total. The predicted molar refractivity (Wildman–Crippen MR) is 86.6 cm³/mol. The molecule has 110 valence electrons. The van der Waals surface area contributed by atoms with Gasteiger partial charge >= 0.3 is 0 Å². The quantitative estimate of drug-likeness (QED) is 0.923. The molecule has 0 bridgehead atoms. The minimum absolute atomic E-state index is 0.0272. The molecule has 0 spiro atoms. The highest BCUT2D eigenvalue weighted by Gasteiger charge is 2.36. The van der Waals surface area contributed by atoms with Crippen LogP contribution in [0.3, 0.4) is 0 Å². The lowest BCUT2D eigenvalue weighted by Crippen LogP contribution is -2.27. The molecule has 1 atom stereocenters. The minimum atomic E-state index is -0.134. The van der Waals surface area contributed by atoms with Crippen molar-refractivity contribution in [2.75, 3.05) is 11.6 Å². The van der Waals surface area contributed by atoms with Crippen LogP contribution in [-0.2, 0) is 4.79 Å². The minimum Gasteiger partial charge on any atom is -0.330 e. The molecule has 2 N–H and O–H groups in total. The van der Waals surface area contributed by atoms with Gasteiger partial charge in [0.2, 0.25) is 5.13 Å². The highest BCUT2D eigenvalue weighted by molar-refractivity contribution is 7.22. The van der Waals surface area contributed by atoms with Gasteiger partial charge in [0.25, 0.3) is 5.91 Å². The summed E-state index contributed by atoms with van der Waals surface area (Å²) in [6.07, 6.45) is 2.38. The number of amides is 1. The Morgan fingerprint density at radius 2 is 2.19 bits per heavy atom. The first kappa shape index (κ1) is 14.2. The van der Waals surface area contributed by atoms with Crippen LogP contribution in [0.5, 0.6) is 0 Å². The third-order valence-electron chi connectivity index (χ3n) is 3.66. The monoisotopic (exact) mass is 302 g/mol. The van der Waals surface area contributed by atoms with Gasteiger partial charge in [-0.1, -0.05) is 30.4 Å². The van der Waals surface area contributed by atoms with Crippen molar-refractivity contribution in [1.29, 1.82) is 0 Å². The number of thiazole rings is 1. The molecule has 3 rings (SSSR count). The number of para-hydroxylation sites is 1. The van der Waals surface area contributed by atoms with Gasteiger partial charge in [-0.05, 0) is 37.9 Å². The number of carbonyl (C=O) groups excluding carboxylic acids is 1. The van der Waals surface area contributed by atoms with E-state index in [0.717, 1.165) is 35.2 Å². The summed E-state index contributed by atoms with van der Waals surface area (Å²) < 4.78 is 1.07. The van der Waals surface area contributed by atoms with Crippen molar-refractivity contribution < 1.29 is 4.79 Å². The van der Waals surface area contributed by atoms with Crippen molar-refractivity contribution in [3.63, 3.8) is 0 Å². The number of nitrogens with two attached hydrogens (primary N) is 1. The van der Waals surface area contributed by atoms with Crippen molar-refractivity contribution in [3.8, 4) is 0 Å². The summed E-state index contributed by atoms with van der Waals surface area (Å²) in [5.74, 6) is -0.107. The Morgan fingerprint density at radius 1 is 1.38 bits per heavy atom. The second kappa shape index (κ2) is 5.91. The smallest absolute Gasteiger partial charge is 0.258 e. The fraction of sp³-hybridized carbons (Fsp3) is 0.400. The van der Waals surface area contributed by atoms with Crippen LogP contribution < -0.4 is 10.7 Å². The Bertz CT molecular complexity index is 661. The maximum Gasteiger partial charge on any atom is 0.258 e. The molecule has 2 aromatic rings. The molecule has 0 saturated carbocycles. The van der Waals surface area contributed by atoms with E-state index in [2.05, 4.69) is 10.1 Å². The molecule has 0 fully saturated rings. The summed E-state index contributed by atoms with van der Waals surface area (Å²) in [7, 11) is 0. The van der Waals surface area contributed by atoms with Crippen LogP contribution in [0.25, 0.3) is 10.2 Å². The van der Waals surface area contributed by atoms with Crippen LogP contribution in [0.4, 0.5) is 5.13 Å². The van der Waals surface area contributed by atoms with Crippen LogP contribution in [0.2, 0.25) is 0 Å². The topological polar surface area (TPSA) is 71.6 Å². The van der Waals surface area contributed by atoms with E-state index >= 15 is 0 Å². The highest BCUT2D eigenvalue weighted by atomic mass is 32.1. The Balaban J connectivity index is 1.91. The van der Waals surface area contributed by atoms with Crippen LogP contribution in [0.15, 0.2) is 29.4 Å². The number of carbonyl (C=O) groups is 1. The van der Waals surface area contributed by atoms with Gasteiger partial charge in [0.1, 0.15) is 0 Å². The van der Waals surface area contributed by atoms with Crippen molar-refractivity contribution in [2.45, 2.75) is 26.2 Å². The fourth-order valence-electron chi connectivity index (χ4n) is 2.55. The first-order valence-electron chi connectivity index (χ1n) is 7.21. The molecule has 1 amide bonds. The molecule has 1 aromatic heterocycles. The lowest BCUT2D eigenvalue weighted by molar-refractivity contribution is -0.119. The van der Waals surface area contributed by atoms with Gasteiger partial charge in [0.05, 0.1) is 21.8 Å². The van der Waals surface area contributed by atoms with E-state index in [9.17, 15) is 4.79 Å². The van der Waals surface area contributed by atoms with E-state index < -0.39 is 0 Å².